The Morgan fingerprint density at radius 2 is 2.00 bits per heavy atom. The van der Waals surface area contributed by atoms with Crippen LogP contribution in [0.5, 0.6) is 5.75 Å². The van der Waals surface area contributed by atoms with Gasteiger partial charge in [-0.3, -0.25) is 4.98 Å². The minimum atomic E-state index is -4.67. The van der Waals surface area contributed by atoms with Gasteiger partial charge in [-0.05, 0) is 36.2 Å². The second-order valence-electron chi connectivity index (χ2n) is 4.30. The first-order chi connectivity index (χ1) is 9.42. The van der Waals surface area contributed by atoms with E-state index in [1.165, 1.54) is 18.2 Å². The summed E-state index contributed by atoms with van der Waals surface area (Å²) in [5.74, 6) is -0.223. The molecule has 0 unspecified atom stereocenters. The molecule has 0 aliphatic heterocycles. The van der Waals surface area contributed by atoms with E-state index in [9.17, 15) is 13.2 Å². The summed E-state index contributed by atoms with van der Waals surface area (Å²) >= 11 is 0. The maximum atomic E-state index is 12.1. The van der Waals surface area contributed by atoms with Crippen molar-refractivity contribution in [3.63, 3.8) is 0 Å². The lowest BCUT2D eigenvalue weighted by molar-refractivity contribution is -0.274. The number of aryl methyl sites for hydroxylation is 1. The molecule has 1 N–H and O–H groups in total. The zero-order valence-corrected chi connectivity index (χ0v) is 10.7. The molecule has 0 saturated heterocycles. The molecular weight excluding hydrogens is 269 g/mol. The van der Waals surface area contributed by atoms with Crippen molar-refractivity contribution in [3.05, 3.63) is 53.9 Å². The molecule has 1 aromatic heterocycles. The third kappa shape index (κ3) is 4.46. The summed E-state index contributed by atoms with van der Waals surface area (Å²) in [6, 6.07) is 7.77. The number of anilines is 1. The number of halogens is 3. The normalized spacial score (nSPS) is 11.2. The van der Waals surface area contributed by atoms with E-state index in [0.29, 0.717) is 12.1 Å². The number of benzene rings is 1. The van der Waals surface area contributed by atoms with E-state index in [1.807, 2.05) is 13.0 Å². The smallest absolute Gasteiger partial charge is 0.406 e. The van der Waals surface area contributed by atoms with E-state index < -0.39 is 6.36 Å². The molecule has 20 heavy (non-hydrogen) atoms. The van der Waals surface area contributed by atoms with Crippen LogP contribution < -0.4 is 10.1 Å². The Bertz CT molecular complexity index is 585. The van der Waals surface area contributed by atoms with Crippen LogP contribution in [-0.2, 0) is 6.54 Å². The molecule has 0 radical (unpaired) electrons. The van der Waals surface area contributed by atoms with Crippen molar-refractivity contribution in [2.75, 3.05) is 5.32 Å². The molecular formula is C14H13F3N2O. The maximum absolute atomic E-state index is 12.1. The third-order valence-corrected chi connectivity index (χ3v) is 2.50. The van der Waals surface area contributed by atoms with E-state index in [-0.39, 0.29) is 5.75 Å². The van der Waals surface area contributed by atoms with Crippen molar-refractivity contribution >= 4 is 5.69 Å². The first kappa shape index (κ1) is 14.2. The van der Waals surface area contributed by atoms with Crippen molar-refractivity contribution in [3.8, 4) is 5.75 Å². The lowest BCUT2D eigenvalue weighted by Crippen LogP contribution is -2.17. The SMILES string of the molecule is Cc1cncc(NCc2cccc(OC(F)(F)F)c2)c1. The first-order valence-corrected chi connectivity index (χ1v) is 5.92. The summed E-state index contributed by atoms with van der Waals surface area (Å²) in [5.41, 5.74) is 2.50. The van der Waals surface area contributed by atoms with Gasteiger partial charge in [0, 0.05) is 18.9 Å². The van der Waals surface area contributed by atoms with Gasteiger partial charge in [0.05, 0.1) is 5.69 Å². The molecule has 0 aliphatic rings. The van der Waals surface area contributed by atoms with Crippen molar-refractivity contribution in [1.82, 2.24) is 4.98 Å². The monoisotopic (exact) mass is 282 g/mol. The Hall–Kier alpha value is -2.24. The third-order valence-electron chi connectivity index (χ3n) is 2.50. The lowest BCUT2D eigenvalue weighted by Gasteiger charge is -2.11. The fraction of sp³-hybridized carbons (Fsp3) is 0.214. The highest BCUT2D eigenvalue weighted by atomic mass is 19.4. The number of hydrogen-bond donors (Lipinski definition) is 1. The molecule has 0 bridgehead atoms. The van der Waals surface area contributed by atoms with Crippen molar-refractivity contribution in [1.29, 1.82) is 0 Å². The topological polar surface area (TPSA) is 34.2 Å². The zero-order chi connectivity index (χ0) is 14.6. The minimum Gasteiger partial charge on any atom is -0.406 e. The Labute approximate surface area is 114 Å². The summed E-state index contributed by atoms with van der Waals surface area (Å²) in [6.45, 7) is 2.30. The number of nitrogens with zero attached hydrogens (tertiary/aromatic N) is 1. The van der Waals surface area contributed by atoms with Crippen LogP contribution in [0.2, 0.25) is 0 Å². The molecule has 0 fully saturated rings. The van der Waals surface area contributed by atoms with E-state index in [1.54, 1.807) is 18.5 Å². The van der Waals surface area contributed by atoms with Crippen LogP contribution in [0, 0.1) is 6.92 Å². The van der Waals surface area contributed by atoms with Crippen molar-refractivity contribution < 1.29 is 17.9 Å². The van der Waals surface area contributed by atoms with E-state index in [0.717, 1.165) is 11.3 Å². The molecule has 3 nitrogen and oxygen atoms in total. The summed E-state index contributed by atoms with van der Waals surface area (Å²) in [6.07, 6.45) is -1.29. The van der Waals surface area contributed by atoms with Crippen LogP contribution in [0.15, 0.2) is 42.7 Å². The largest absolute Gasteiger partial charge is 0.573 e. The highest BCUT2D eigenvalue weighted by molar-refractivity contribution is 5.43. The van der Waals surface area contributed by atoms with Gasteiger partial charge in [-0.25, -0.2) is 0 Å². The average Bonchev–Trinajstić information content (AvgIpc) is 2.35. The second kappa shape index (κ2) is 5.81. The van der Waals surface area contributed by atoms with Crippen molar-refractivity contribution in [2.24, 2.45) is 0 Å². The van der Waals surface area contributed by atoms with Gasteiger partial charge >= 0.3 is 6.36 Å². The van der Waals surface area contributed by atoms with Crippen LogP contribution in [0.25, 0.3) is 0 Å². The molecule has 6 heteroatoms. The average molecular weight is 282 g/mol. The maximum Gasteiger partial charge on any atom is 0.573 e. The summed E-state index contributed by atoms with van der Waals surface area (Å²) < 4.78 is 40.2. The summed E-state index contributed by atoms with van der Waals surface area (Å²) in [7, 11) is 0. The van der Waals surface area contributed by atoms with Crippen LogP contribution >= 0.6 is 0 Å². The number of rotatable bonds is 4. The molecule has 0 saturated carbocycles. The number of alkyl halides is 3. The summed E-state index contributed by atoms with van der Waals surface area (Å²) in [4.78, 5) is 4.03. The van der Waals surface area contributed by atoms with Gasteiger partial charge in [-0.15, -0.1) is 13.2 Å². The molecule has 0 aliphatic carbocycles. The fourth-order valence-electron chi connectivity index (χ4n) is 1.71. The number of aromatic nitrogens is 1. The Morgan fingerprint density at radius 3 is 2.70 bits per heavy atom. The minimum absolute atomic E-state index is 0.223. The second-order valence-corrected chi connectivity index (χ2v) is 4.30. The Balaban J connectivity index is 2.01. The van der Waals surface area contributed by atoms with Gasteiger partial charge in [-0.1, -0.05) is 12.1 Å². The van der Waals surface area contributed by atoms with Crippen LogP contribution in [0.3, 0.4) is 0 Å². The Morgan fingerprint density at radius 1 is 1.20 bits per heavy atom. The van der Waals surface area contributed by atoms with Crippen LogP contribution in [0.1, 0.15) is 11.1 Å². The zero-order valence-electron chi connectivity index (χ0n) is 10.7. The van der Waals surface area contributed by atoms with E-state index in [4.69, 9.17) is 0 Å². The molecule has 0 spiro atoms. The standard InChI is InChI=1S/C14H13F3N2O/c1-10-5-12(9-18-7-10)19-8-11-3-2-4-13(6-11)20-14(15,16)17/h2-7,9,19H,8H2,1H3. The predicted molar refractivity (Wildman–Crippen MR) is 69.4 cm³/mol. The molecule has 1 aromatic carbocycles. The van der Waals surface area contributed by atoms with Gasteiger partial charge in [-0.2, -0.15) is 0 Å². The van der Waals surface area contributed by atoms with Crippen LogP contribution in [0.4, 0.5) is 18.9 Å². The van der Waals surface area contributed by atoms with E-state index in [2.05, 4.69) is 15.0 Å². The first-order valence-electron chi connectivity index (χ1n) is 5.92. The van der Waals surface area contributed by atoms with Crippen molar-refractivity contribution in [2.45, 2.75) is 19.8 Å². The van der Waals surface area contributed by atoms with Gasteiger partial charge in [0.2, 0.25) is 0 Å². The Kier molecular flexibility index (Phi) is 4.12. The lowest BCUT2D eigenvalue weighted by atomic mass is 10.2. The quantitative estimate of drug-likeness (QED) is 0.923. The van der Waals surface area contributed by atoms with E-state index >= 15 is 0 Å². The van der Waals surface area contributed by atoms with Gasteiger partial charge in [0.25, 0.3) is 0 Å². The number of pyridine rings is 1. The highest BCUT2D eigenvalue weighted by Gasteiger charge is 2.31. The highest BCUT2D eigenvalue weighted by Crippen LogP contribution is 2.23. The van der Waals surface area contributed by atoms with Gasteiger partial charge < -0.3 is 10.1 Å². The number of hydrogen-bond acceptors (Lipinski definition) is 3. The molecule has 0 amide bonds. The van der Waals surface area contributed by atoms with Crippen LogP contribution in [-0.4, -0.2) is 11.3 Å². The molecule has 106 valence electrons. The molecule has 2 rings (SSSR count). The fourth-order valence-corrected chi connectivity index (χ4v) is 1.71. The van der Waals surface area contributed by atoms with Gasteiger partial charge in [0.1, 0.15) is 5.75 Å². The molecule has 1 heterocycles. The number of ether oxygens (including phenoxy) is 1. The predicted octanol–water partition coefficient (Wildman–Crippen LogP) is 3.90. The van der Waals surface area contributed by atoms with Gasteiger partial charge in [0.15, 0.2) is 0 Å². The molecule has 0 atom stereocenters. The molecule has 2 aromatic rings. The number of nitrogens with one attached hydrogen (secondary N) is 1. The summed E-state index contributed by atoms with van der Waals surface area (Å²) in [5, 5.41) is 3.09.